The number of carbonyl (C=O) groups excluding carboxylic acids is 2. The number of amides is 1. The van der Waals surface area contributed by atoms with Gasteiger partial charge >= 0.3 is 11.9 Å². The van der Waals surface area contributed by atoms with E-state index in [4.69, 9.17) is 9.84 Å². The molecular formula is C19H19NO5S. The number of carboxylic acids is 1. The number of rotatable bonds is 6. The van der Waals surface area contributed by atoms with Gasteiger partial charge < -0.3 is 15.2 Å². The number of thiophene rings is 1. The fraction of sp³-hybridized carbons (Fsp3) is 0.211. The molecule has 0 saturated heterocycles. The maximum absolute atomic E-state index is 12.5. The molecule has 2 N–H and O–H groups in total. The van der Waals surface area contributed by atoms with E-state index in [1.807, 2.05) is 37.3 Å². The average molecular weight is 373 g/mol. The molecule has 0 spiro atoms. The van der Waals surface area contributed by atoms with E-state index in [1.54, 1.807) is 6.92 Å². The minimum absolute atomic E-state index is 0.0274. The number of hydrogen-bond acceptors (Lipinski definition) is 5. The van der Waals surface area contributed by atoms with Crippen molar-refractivity contribution in [1.29, 1.82) is 0 Å². The van der Waals surface area contributed by atoms with Crippen molar-refractivity contribution in [3.63, 3.8) is 0 Å². The van der Waals surface area contributed by atoms with Crippen molar-refractivity contribution < 1.29 is 24.2 Å². The Balaban J connectivity index is 2.51. The van der Waals surface area contributed by atoms with Crippen LogP contribution in [0.15, 0.2) is 42.0 Å². The first-order valence-electron chi connectivity index (χ1n) is 7.93. The molecule has 1 aromatic heterocycles. The van der Waals surface area contributed by atoms with Crippen LogP contribution < -0.4 is 5.32 Å². The van der Waals surface area contributed by atoms with Crippen molar-refractivity contribution in [2.75, 3.05) is 11.9 Å². The Morgan fingerprint density at radius 2 is 1.88 bits per heavy atom. The summed E-state index contributed by atoms with van der Waals surface area (Å²) in [5, 5.41) is 11.7. The Labute approximate surface area is 155 Å². The molecule has 0 saturated carbocycles. The second-order valence-corrected chi connectivity index (χ2v) is 6.67. The molecule has 0 aliphatic carbocycles. The van der Waals surface area contributed by atoms with Gasteiger partial charge in [0, 0.05) is 22.1 Å². The Morgan fingerprint density at radius 1 is 1.23 bits per heavy atom. The Hall–Kier alpha value is -2.93. The first kappa shape index (κ1) is 19.4. The lowest BCUT2D eigenvalue weighted by Gasteiger charge is -2.09. The second kappa shape index (κ2) is 8.44. The highest BCUT2D eigenvalue weighted by Crippen LogP contribution is 2.40. The maximum atomic E-state index is 12.5. The van der Waals surface area contributed by atoms with Crippen LogP contribution >= 0.6 is 11.3 Å². The van der Waals surface area contributed by atoms with Gasteiger partial charge in [0.25, 0.3) is 5.91 Å². The summed E-state index contributed by atoms with van der Waals surface area (Å²) >= 11 is 1.25. The van der Waals surface area contributed by atoms with Gasteiger partial charge in [0.2, 0.25) is 0 Å². The first-order valence-corrected chi connectivity index (χ1v) is 8.75. The highest BCUT2D eigenvalue weighted by atomic mass is 32.1. The van der Waals surface area contributed by atoms with E-state index in [2.05, 4.69) is 5.32 Å². The molecular weight excluding hydrogens is 354 g/mol. The third kappa shape index (κ3) is 4.37. The van der Waals surface area contributed by atoms with Crippen LogP contribution in [0.5, 0.6) is 0 Å². The van der Waals surface area contributed by atoms with Crippen molar-refractivity contribution in [2.45, 2.75) is 20.8 Å². The normalized spacial score (nSPS) is 11.1. The molecule has 0 aliphatic heterocycles. The predicted octanol–water partition coefficient (Wildman–Crippen LogP) is 3.87. The summed E-state index contributed by atoms with van der Waals surface area (Å²) < 4.78 is 5.16. The van der Waals surface area contributed by atoms with E-state index >= 15 is 0 Å². The maximum Gasteiger partial charge on any atom is 0.341 e. The number of nitrogens with one attached hydrogen (secondary N) is 1. The van der Waals surface area contributed by atoms with Gasteiger partial charge in [0.05, 0.1) is 6.61 Å². The molecule has 6 nitrogen and oxygen atoms in total. The number of aryl methyl sites for hydroxylation is 1. The van der Waals surface area contributed by atoms with Gasteiger partial charge in [-0.15, -0.1) is 11.3 Å². The van der Waals surface area contributed by atoms with Crippen LogP contribution in [0.4, 0.5) is 5.00 Å². The average Bonchev–Trinajstić information content (AvgIpc) is 2.91. The number of hydrogen-bond donors (Lipinski definition) is 2. The van der Waals surface area contributed by atoms with E-state index in [9.17, 15) is 14.4 Å². The molecule has 2 aromatic rings. The zero-order chi connectivity index (χ0) is 19.3. The quantitative estimate of drug-likeness (QED) is 0.592. The number of carbonyl (C=O) groups is 3. The summed E-state index contributed by atoms with van der Waals surface area (Å²) in [6.07, 6.45) is 0.817. The van der Waals surface area contributed by atoms with Crippen molar-refractivity contribution in [1.82, 2.24) is 0 Å². The molecule has 1 amide bonds. The fourth-order valence-corrected chi connectivity index (χ4v) is 3.49. The lowest BCUT2D eigenvalue weighted by atomic mass is 10.0. The van der Waals surface area contributed by atoms with E-state index < -0.39 is 17.8 Å². The summed E-state index contributed by atoms with van der Waals surface area (Å²) in [6.45, 7) is 5.15. The minimum Gasteiger partial charge on any atom is -0.478 e. The van der Waals surface area contributed by atoms with E-state index in [1.165, 1.54) is 18.3 Å². The standard InChI is InChI=1S/C19H19NO5S/c1-4-25-19(24)16-15(13-8-6-5-7-9-13)12(3)26-18(16)20-17(23)11(2)10-14(21)22/h5-10H,4H2,1-3H3,(H,20,23)(H,21,22). The monoisotopic (exact) mass is 373 g/mol. The van der Waals surface area contributed by atoms with Crippen molar-refractivity contribution in [3.8, 4) is 11.1 Å². The molecule has 1 heterocycles. The second-order valence-electron chi connectivity index (χ2n) is 5.44. The summed E-state index contributed by atoms with van der Waals surface area (Å²) in [6, 6.07) is 9.34. The molecule has 2 rings (SSSR count). The van der Waals surface area contributed by atoms with E-state index in [0.717, 1.165) is 16.5 Å². The van der Waals surface area contributed by atoms with Gasteiger partial charge in [-0.25, -0.2) is 9.59 Å². The molecule has 136 valence electrons. The highest BCUT2D eigenvalue weighted by Gasteiger charge is 2.25. The van der Waals surface area contributed by atoms with Crippen LogP contribution in [0.3, 0.4) is 0 Å². The van der Waals surface area contributed by atoms with Gasteiger partial charge in [-0.2, -0.15) is 0 Å². The topological polar surface area (TPSA) is 92.7 Å². The molecule has 1 aromatic carbocycles. The first-order chi connectivity index (χ1) is 12.3. The molecule has 0 bridgehead atoms. The number of aliphatic carboxylic acids is 1. The minimum atomic E-state index is -1.21. The SMILES string of the molecule is CCOC(=O)c1c(NC(=O)C(C)=CC(=O)O)sc(C)c1-c1ccccc1. The summed E-state index contributed by atoms with van der Waals surface area (Å²) in [5.74, 6) is -2.33. The number of ether oxygens (including phenoxy) is 1. The van der Waals surface area contributed by atoms with Crippen LogP contribution in [0, 0.1) is 6.92 Å². The van der Waals surface area contributed by atoms with Gasteiger partial charge in [-0.3, -0.25) is 4.79 Å². The van der Waals surface area contributed by atoms with E-state index in [0.29, 0.717) is 10.6 Å². The molecule has 0 unspecified atom stereocenters. The van der Waals surface area contributed by atoms with Gasteiger partial charge in [-0.1, -0.05) is 30.3 Å². The zero-order valence-corrected chi connectivity index (χ0v) is 15.5. The molecule has 26 heavy (non-hydrogen) atoms. The smallest absolute Gasteiger partial charge is 0.341 e. The molecule has 7 heteroatoms. The zero-order valence-electron chi connectivity index (χ0n) is 14.7. The molecule has 0 aliphatic rings. The Bertz CT molecular complexity index is 868. The molecule has 0 atom stereocenters. The van der Waals surface area contributed by atoms with Crippen LogP contribution in [0.25, 0.3) is 11.1 Å². The van der Waals surface area contributed by atoms with Crippen molar-refractivity contribution in [2.24, 2.45) is 0 Å². The number of benzene rings is 1. The third-order valence-corrected chi connectivity index (χ3v) is 4.57. The molecule has 0 fully saturated rings. The predicted molar refractivity (Wildman–Crippen MR) is 100 cm³/mol. The van der Waals surface area contributed by atoms with Crippen LogP contribution in [-0.2, 0) is 14.3 Å². The van der Waals surface area contributed by atoms with Gasteiger partial charge in [0.15, 0.2) is 0 Å². The highest BCUT2D eigenvalue weighted by molar-refractivity contribution is 7.17. The Morgan fingerprint density at radius 3 is 2.46 bits per heavy atom. The van der Waals surface area contributed by atoms with Crippen molar-refractivity contribution in [3.05, 3.63) is 52.4 Å². The third-order valence-electron chi connectivity index (χ3n) is 3.55. The van der Waals surface area contributed by atoms with Gasteiger partial charge in [-0.05, 0) is 26.3 Å². The Kier molecular flexibility index (Phi) is 6.30. The largest absolute Gasteiger partial charge is 0.478 e. The van der Waals surface area contributed by atoms with Gasteiger partial charge in [0.1, 0.15) is 10.6 Å². The number of esters is 1. The van der Waals surface area contributed by atoms with Crippen LogP contribution in [0.1, 0.15) is 29.1 Å². The lowest BCUT2D eigenvalue weighted by molar-refractivity contribution is -0.131. The van der Waals surface area contributed by atoms with E-state index in [-0.39, 0.29) is 17.7 Å². The van der Waals surface area contributed by atoms with Crippen LogP contribution in [-0.4, -0.2) is 29.6 Å². The molecule has 0 radical (unpaired) electrons. The lowest BCUT2D eigenvalue weighted by Crippen LogP contribution is -2.16. The van der Waals surface area contributed by atoms with Crippen LogP contribution in [0.2, 0.25) is 0 Å². The summed E-state index contributed by atoms with van der Waals surface area (Å²) in [7, 11) is 0. The number of anilines is 1. The van der Waals surface area contributed by atoms with Crippen molar-refractivity contribution >= 4 is 34.2 Å². The summed E-state index contributed by atoms with van der Waals surface area (Å²) in [4.78, 5) is 36.4. The summed E-state index contributed by atoms with van der Waals surface area (Å²) in [5.41, 5.74) is 1.84. The fourth-order valence-electron chi connectivity index (χ4n) is 2.44. The number of carboxylic acid groups (broad SMARTS) is 1.